The van der Waals surface area contributed by atoms with Crippen LogP contribution >= 0.6 is 12.4 Å². The molecule has 1 fully saturated rings. The summed E-state index contributed by atoms with van der Waals surface area (Å²) >= 11 is 0. The zero-order valence-electron chi connectivity index (χ0n) is 13.8. The molecule has 1 aliphatic rings. The van der Waals surface area contributed by atoms with E-state index in [9.17, 15) is 23.3 Å². The Hall–Kier alpha value is -1.71. The fourth-order valence-corrected chi connectivity index (χ4v) is 3.64. The Morgan fingerprint density at radius 1 is 1.32 bits per heavy atom. The second-order valence-corrected chi connectivity index (χ2v) is 8.12. The summed E-state index contributed by atoms with van der Waals surface area (Å²) in [5, 5.41) is 13.9. The van der Waals surface area contributed by atoms with Crippen LogP contribution in [0, 0.1) is 16.0 Å². The Kier molecular flexibility index (Phi) is 7.33. The first-order valence-electron chi connectivity index (χ1n) is 7.73. The van der Waals surface area contributed by atoms with Crippen LogP contribution in [0.2, 0.25) is 0 Å². The molecule has 3 N–H and O–H groups in total. The molecule has 1 aromatic rings. The zero-order valence-corrected chi connectivity index (χ0v) is 15.4. The van der Waals surface area contributed by atoms with Gasteiger partial charge in [-0.05, 0) is 31.4 Å². The molecule has 8 nitrogen and oxygen atoms in total. The highest BCUT2D eigenvalue weighted by Gasteiger charge is 2.27. The Labute approximate surface area is 152 Å². The highest BCUT2D eigenvalue weighted by Crippen LogP contribution is 2.25. The standard InChI is InChI=1S/C15H21N3O5S.ClH/c1-24(22,23)13-7-11(6-12(8-13)18(20)21)15(19)17-14-5-3-2-4-10(14)9-16;/h6-8,10,14H,2-5,9,16H2,1H3,(H,17,19);1H. The van der Waals surface area contributed by atoms with Gasteiger partial charge in [-0.15, -0.1) is 12.4 Å². The third-order valence-electron chi connectivity index (χ3n) is 4.32. The van der Waals surface area contributed by atoms with E-state index in [0.29, 0.717) is 6.54 Å². The van der Waals surface area contributed by atoms with Crippen LogP contribution in [0.25, 0.3) is 0 Å². The summed E-state index contributed by atoms with van der Waals surface area (Å²) in [6.45, 7) is 0.453. The number of benzene rings is 1. The summed E-state index contributed by atoms with van der Waals surface area (Å²) in [5.41, 5.74) is 5.27. The van der Waals surface area contributed by atoms with Crippen LogP contribution in [0.15, 0.2) is 23.1 Å². The minimum atomic E-state index is -3.67. The Morgan fingerprint density at radius 2 is 1.96 bits per heavy atom. The predicted octanol–water partition coefficient (Wildman–Crippen LogP) is 1.67. The summed E-state index contributed by atoms with van der Waals surface area (Å²) in [6.07, 6.45) is 4.69. The van der Waals surface area contributed by atoms with Gasteiger partial charge in [0.1, 0.15) is 0 Å². The summed E-state index contributed by atoms with van der Waals surface area (Å²) in [6, 6.07) is 3.11. The number of carbonyl (C=O) groups excluding carboxylic acids is 1. The third kappa shape index (κ3) is 5.38. The van der Waals surface area contributed by atoms with Crippen molar-refractivity contribution in [3.05, 3.63) is 33.9 Å². The van der Waals surface area contributed by atoms with Gasteiger partial charge in [-0.1, -0.05) is 12.8 Å². The minimum Gasteiger partial charge on any atom is -0.349 e. The summed E-state index contributed by atoms with van der Waals surface area (Å²) in [4.78, 5) is 22.5. The average Bonchev–Trinajstić information content (AvgIpc) is 2.54. The number of carbonyl (C=O) groups is 1. The summed E-state index contributed by atoms with van der Waals surface area (Å²) in [5.74, 6) is -0.357. The number of halogens is 1. The first kappa shape index (κ1) is 21.3. The topological polar surface area (TPSA) is 132 Å². The lowest BCUT2D eigenvalue weighted by molar-refractivity contribution is -0.385. The van der Waals surface area contributed by atoms with Crippen molar-refractivity contribution in [3.8, 4) is 0 Å². The van der Waals surface area contributed by atoms with E-state index in [2.05, 4.69) is 5.32 Å². The fraction of sp³-hybridized carbons (Fsp3) is 0.533. The van der Waals surface area contributed by atoms with E-state index in [1.165, 1.54) is 0 Å². The SMILES string of the molecule is CS(=O)(=O)c1cc(C(=O)NC2CCCCC2CN)cc([N+](=O)[O-])c1.Cl. The van der Waals surface area contributed by atoms with Gasteiger partial charge in [0.15, 0.2) is 9.84 Å². The molecule has 2 rings (SSSR count). The fourth-order valence-electron chi connectivity index (χ4n) is 2.97. The van der Waals surface area contributed by atoms with E-state index < -0.39 is 26.4 Å². The van der Waals surface area contributed by atoms with E-state index in [-0.39, 0.29) is 34.8 Å². The molecule has 1 saturated carbocycles. The molecule has 0 radical (unpaired) electrons. The van der Waals surface area contributed by atoms with E-state index in [1.807, 2.05) is 0 Å². The zero-order chi connectivity index (χ0) is 17.9. The number of nitrogens with two attached hydrogens (primary N) is 1. The third-order valence-corrected chi connectivity index (χ3v) is 5.41. The van der Waals surface area contributed by atoms with Crippen LogP contribution in [0.4, 0.5) is 5.69 Å². The molecule has 10 heteroatoms. The molecule has 0 spiro atoms. The van der Waals surface area contributed by atoms with Gasteiger partial charge >= 0.3 is 0 Å². The molecular weight excluding hydrogens is 370 g/mol. The molecule has 1 aliphatic carbocycles. The van der Waals surface area contributed by atoms with E-state index in [0.717, 1.165) is 50.1 Å². The smallest absolute Gasteiger partial charge is 0.271 e. The van der Waals surface area contributed by atoms with Gasteiger partial charge in [-0.25, -0.2) is 8.42 Å². The molecule has 1 amide bonds. The monoisotopic (exact) mass is 391 g/mol. The van der Waals surface area contributed by atoms with Crippen LogP contribution in [-0.4, -0.2) is 38.1 Å². The highest BCUT2D eigenvalue weighted by molar-refractivity contribution is 7.90. The number of nitrogens with one attached hydrogen (secondary N) is 1. The molecule has 0 aromatic heterocycles. The number of hydrogen-bond donors (Lipinski definition) is 2. The van der Waals surface area contributed by atoms with Gasteiger partial charge in [-0.3, -0.25) is 14.9 Å². The number of hydrogen-bond acceptors (Lipinski definition) is 6. The van der Waals surface area contributed by atoms with Gasteiger partial charge in [0.2, 0.25) is 0 Å². The molecule has 2 atom stereocenters. The van der Waals surface area contributed by atoms with E-state index in [4.69, 9.17) is 5.73 Å². The van der Waals surface area contributed by atoms with Crippen molar-refractivity contribution in [1.82, 2.24) is 5.32 Å². The maximum absolute atomic E-state index is 12.5. The quantitative estimate of drug-likeness (QED) is 0.579. The number of nitrogens with zero attached hydrogens (tertiary/aromatic N) is 1. The average molecular weight is 392 g/mol. The molecule has 2 unspecified atom stereocenters. The molecular formula is C15H22ClN3O5S. The molecule has 140 valence electrons. The summed E-state index contributed by atoms with van der Waals surface area (Å²) in [7, 11) is -3.67. The van der Waals surface area contributed by atoms with Gasteiger partial charge in [0.05, 0.1) is 9.82 Å². The van der Waals surface area contributed by atoms with Crippen molar-refractivity contribution in [2.75, 3.05) is 12.8 Å². The number of amides is 1. The van der Waals surface area contributed by atoms with Gasteiger partial charge in [-0.2, -0.15) is 0 Å². The van der Waals surface area contributed by atoms with E-state index >= 15 is 0 Å². The second kappa shape index (κ2) is 8.59. The van der Waals surface area contributed by atoms with Crippen molar-refractivity contribution >= 4 is 33.8 Å². The number of nitro benzene ring substituents is 1. The van der Waals surface area contributed by atoms with Crippen LogP contribution in [-0.2, 0) is 9.84 Å². The summed E-state index contributed by atoms with van der Waals surface area (Å²) < 4.78 is 23.4. The second-order valence-electron chi connectivity index (χ2n) is 6.11. The van der Waals surface area contributed by atoms with Crippen molar-refractivity contribution < 1.29 is 18.1 Å². The first-order chi connectivity index (χ1) is 11.2. The van der Waals surface area contributed by atoms with Gasteiger partial charge in [0.25, 0.3) is 11.6 Å². The maximum Gasteiger partial charge on any atom is 0.271 e. The predicted molar refractivity (Wildman–Crippen MR) is 95.7 cm³/mol. The van der Waals surface area contributed by atoms with Crippen LogP contribution < -0.4 is 11.1 Å². The minimum absolute atomic E-state index is 0. The number of sulfone groups is 1. The molecule has 0 aliphatic heterocycles. The van der Waals surface area contributed by atoms with Crippen molar-refractivity contribution in [3.63, 3.8) is 0 Å². The largest absolute Gasteiger partial charge is 0.349 e. The number of nitro groups is 1. The molecule has 0 saturated heterocycles. The van der Waals surface area contributed by atoms with Crippen LogP contribution in [0.1, 0.15) is 36.0 Å². The molecule has 0 heterocycles. The van der Waals surface area contributed by atoms with Crippen molar-refractivity contribution in [2.45, 2.75) is 36.6 Å². The Bertz CT molecular complexity index is 754. The van der Waals surface area contributed by atoms with Crippen LogP contribution in [0.5, 0.6) is 0 Å². The van der Waals surface area contributed by atoms with Crippen molar-refractivity contribution in [2.24, 2.45) is 11.7 Å². The van der Waals surface area contributed by atoms with Gasteiger partial charge < -0.3 is 11.1 Å². The van der Waals surface area contributed by atoms with Crippen LogP contribution in [0.3, 0.4) is 0 Å². The molecule has 25 heavy (non-hydrogen) atoms. The normalized spacial score (nSPS) is 20.4. The lowest BCUT2D eigenvalue weighted by atomic mass is 9.84. The molecule has 1 aromatic carbocycles. The highest BCUT2D eigenvalue weighted by atomic mass is 35.5. The Morgan fingerprint density at radius 3 is 2.52 bits per heavy atom. The van der Waals surface area contributed by atoms with E-state index in [1.54, 1.807) is 0 Å². The lowest BCUT2D eigenvalue weighted by Crippen LogP contribution is -2.44. The van der Waals surface area contributed by atoms with Crippen molar-refractivity contribution in [1.29, 1.82) is 0 Å². The molecule has 0 bridgehead atoms. The lowest BCUT2D eigenvalue weighted by Gasteiger charge is -2.31. The Balaban J connectivity index is 0.00000312. The first-order valence-corrected chi connectivity index (χ1v) is 9.62. The van der Waals surface area contributed by atoms with Gasteiger partial charge in [0, 0.05) is 30.0 Å². The number of non-ortho nitro benzene ring substituents is 1. The maximum atomic E-state index is 12.5. The number of rotatable bonds is 5.